The molecule has 3 N–H and O–H groups in total. The van der Waals surface area contributed by atoms with Crippen LogP contribution in [0, 0.1) is 0 Å². The van der Waals surface area contributed by atoms with Crippen molar-refractivity contribution < 1.29 is 18.0 Å². The first-order valence-electron chi connectivity index (χ1n) is 8.53. The highest BCUT2D eigenvalue weighted by atomic mass is 35.5. The van der Waals surface area contributed by atoms with Gasteiger partial charge in [-0.2, -0.15) is 13.2 Å². The fraction of sp³-hybridized carbons (Fsp3) is 0.0500. The molecule has 0 atom stereocenters. The van der Waals surface area contributed by atoms with Gasteiger partial charge in [0.25, 0.3) is 5.91 Å². The van der Waals surface area contributed by atoms with Crippen LogP contribution in [-0.4, -0.2) is 15.9 Å². The molecule has 0 radical (unpaired) electrons. The van der Waals surface area contributed by atoms with Crippen molar-refractivity contribution in [1.82, 2.24) is 9.97 Å². The molecule has 1 aromatic carbocycles. The fourth-order valence-corrected chi connectivity index (χ4v) is 4.11. The highest BCUT2D eigenvalue weighted by molar-refractivity contribution is 7.21. The summed E-state index contributed by atoms with van der Waals surface area (Å²) < 4.78 is 41.4. The maximum Gasteiger partial charge on any atom is 0.417 e. The first kappa shape index (κ1) is 20.1. The van der Waals surface area contributed by atoms with E-state index >= 15 is 0 Å². The monoisotopic (exact) mass is 448 g/mol. The van der Waals surface area contributed by atoms with Crippen molar-refractivity contribution in [2.45, 2.75) is 6.18 Å². The molecule has 0 saturated heterocycles. The summed E-state index contributed by atoms with van der Waals surface area (Å²) in [7, 11) is 0. The van der Waals surface area contributed by atoms with Crippen molar-refractivity contribution in [3.05, 3.63) is 70.3 Å². The van der Waals surface area contributed by atoms with Crippen LogP contribution in [0.3, 0.4) is 0 Å². The second-order valence-electron chi connectivity index (χ2n) is 6.24. The highest BCUT2D eigenvalue weighted by Crippen LogP contribution is 2.43. The number of nitrogens with zero attached hydrogens (tertiary/aromatic N) is 2. The van der Waals surface area contributed by atoms with E-state index in [1.807, 2.05) is 0 Å². The summed E-state index contributed by atoms with van der Waals surface area (Å²) >= 11 is 6.72. The van der Waals surface area contributed by atoms with Gasteiger partial charge in [-0.3, -0.25) is 4.79 Å². The minimum Gasteiger partial charge on any atom is -0.397 e. The minimum atomic E-state index is -4.68. The first-order valence-corrected chi connectivity index (χ1v) is 9.72. The quantitative estimate of drug-likeness (QED) is 0.384. The SMILES string of the molecule is Nc1c(C(=O)Nc2cccnc2Cl)sc2nc(-c3ccccc3)cc(C(F)(F)F)c12. The number of halogens is 4. The van der Waals surface area contributed by atoms with Crippen LogP contribution in [0.2, 0.25) is 5.15 Å². The van der Waals surface area contributed by atoms with Gasteiger partial charge in [0, 0.05) is 17.1 Å². The van der Waals surface area contributed by atoms with E-state index in [-0.39, 0.29) is 37.3 Å². The average Bonchev–Trinajstić information content (AvgIpc) is 3.05. The van der Waals surface area contributed by atoms with Crippen molar-refractivity contribution in [3.63, 3.8) is 0 Å². The standard InChI is InChI=1S/C20H12ClF3N4OS/c21-17-12(7-4-8-26-17)27-18(29)16-15(25)14-11(20(22,23)24)9-13(28-19(14)30-16)10-5-2-1-3-6-10/h1-9H,25H2,(H,27,29). The van der Waals surface area contributed by atoms with Gasteiger partial charge in [-0.25, -0.2) is 9.97 Å². The molecule has 0 fully saturated rings. The number of amides is 1. The number of hydrogen-bond donors (Lipinski definition) is 2. The lowest BCUT2D eigenvalue weighted by Crippen LogP contribution is -2.13. The Labute approximate surface area is 177 Å². The summed E-state index contributed by atoms with van der Waals surface area (Å²) in [5.74, 6) is -0.695. The normalized spacial score (nSPS) is 11.6. The third-order valence-corrected chi connectivity index (χ3v) is 5.69. The van der Waals surface area contributed by atoms with E-state index in [9.17, 15) is 18.0 Å². The zero-order chi connectivity index (χ0) is 21.5. The van der Waals surface area contributed by atoms with Crippen LogP contribution in [0.25, 0.3) is 21.5 Å². The Hall–Kier alpha value is -3.17. The molecular formula is C20H12ClF3N4OS. The lowest BCUT2D eigenvalue weighted by molar-refractivity contribution is -0.136. The summed E-state index contributed by atoms with van der Waals surface area (Å²) in [6, 6.07) is 12.5. The number of alkyl halides is 3. The summed E-state index contributed by atoms with van der Waals surface area (Å²) in [4.78, 5) is 20.8. The number of anilines is 2. The lowest BCUT2D eigenvalue weighted by atomic mass is 10.1. The van der Waals surface area contributed by atoms with Crippen molar-refractivity contribution in [2.75, 3.05) is 11.1 Å². The second kappa shape index (κ2) is 7.58. The van der Waals surface area contributed by atoms with Crippen LogP contribution < -0.4 is 11.1 Å². The molecular weight excluding hydrogens is 437 g/mol. The average molecular weight is 449 g/mol. The molecule has 0 aliphatic carbocycles. The number of hydrogen-bond acceptors (Lipinski definition) is 5. The van der Waals surface area contributed by atoms with E-state index < -0.39 is 17.6 Å². The maximum atomic E-state index is 13.8. The van der Waals surface area contributed by atoms with Crippen LogP contribution in [0.5, 0.6) is 0 Å². The molecule has 0 aliphatic heterocycles. The van der Waals surface area contributed by atoms with Gasteiger partial charge >= 0.3 is 6.18 Å². The Kier molecular flexibility index (Phi) is 5.08. The van der Waals surface area contributed by atoms with Gasteiger partial charge in [0.05, 0.1) is 22.6 Å². The predicted octanol–water partition coefficient (Wildman–Crippen LogP) is 5.87. The molecule has 0 aliphatic rings. The molecule has 3 heterocycles. The number of benzene rings is 1. The molecule has 10 heteroatoms. The van der Waals surface area contributed by atoms with Gasteiger partial charge in [0.2, 0.25) is 0 Å². The molecule has 4 rings (SSSR count). The van der Waals surface area contributed by atoms with E-state index in [0.29, 0.717) is 5.56 Å². The topological polar surface area (TPSA) is 80.9 Å². The third kappa shape index (κ3) is 3.69. The number of nitrogen functional groups attached to an aromatic ring is 1. The number of rotatable bonds is 3. The van der Waals surface area contributed by atoms with Gasteiger partial charge in [-0.1, -0.05) is 41.9 Å². The van der Waals surface area contributed by atoms with Gasteiger partial charge in [-0.15, -0.1) is 11.3 Å². The Morgan fingerprint density at radius 1 is 1.13 bits per heavy atom. The van der Waals surface area contributed by atoms with Gasteiger partial charge in [-0.05, 0) is 18.2 Å². The molecule has 3 aromatic heterocycles. The number of fused-ring (bicyclic) bond motifs is 1. The smallest absolute Gasteiger partial charge is 0.397 e. The molecule has 4 aromatic rings. The number of nitrogens with two attached hydrogens (primary N) is 1. The third-order valence-electron chi connectivity index (χ3n) is 4.29. The summed E-state index contributed by atoms with van der Waals surface area (Å²) in [6.45, 7) is 0. The highest BCUT2D eigenvalue weighted by Gasteiger charge is 2.36. The Bertz CT molecular complexity index is 1260. The summed E-state index contributed by atoms with van der Waals surface area (Å²) in [6.07, 6.45) is -3.24. The molecule has 30 heavy (non-hydrogen) atoms. The van der Waals surface area contributed by atoms with E-state index in [0.717, 1.165) is 17.4 Å². The van der Waals surface area contributed by atoms with E-state index in [1.165, 1.54) is 12.3 Å². The van der Waals surface area contributed by atoms with Gasteiger partial charge in [0.1, 0.15) is 9.71 Å². The number of carbonyl (C=O) groups is 1. The van der Waals surface area contributed by atoms with Gasteiger partial charge in [0.15, 0.2) is 5.15 Å². The lowest BCUT2D eigenvalue weighted by Gasteiger charge is -2.11. The zero-order valence-corrected chi connectivity index (χ0v) is 16.6. The predicted molar refractivity (Wildman–Crippen MR) is 112 cm³/mol. The second-order valence-corrected chi connectivity index (χ2v) is 7.60. The fourth-order valence-electron chi connectivity index (χ4n) is 2.93. The molecule has 152 valence electrons. The number of pyridine rings is 2. The van der Waals surface area contributed by atoms with Crippen LogP contribution >= 0.6 is 22.9 Å². The molecule has 0 spiro atoms. The molecule has 0 unspecified atom stereocenters. The van der Waals surface area contributed by atoms with E-state index in [1.54, 1.807) is 36.4 Å². The molecule has 0 bridgehead atoms. The summed E-state index contributed by atoms with van der Waals surface area (Å²) in [5.41, 5.74) is 5.62. The van der Waals surface area contributed by atoms with E-state index in [2.05, 4.69) is 15.3 Å². The summed E-state index contributed by atoms with van der Waals surface area (Å²) in [5, 5.41) is 2.27. The molecule has 5 nitrogen and oxygen atoms in total. The van der Waals surface area contributed by atoms with Crippen LogP contribution in [0.4, 0.5) is 24.5 Å². The largest absolute Gasteiger partial charge is 0.417 e. The molecule has 0 saturated carbocycles. The molecule has 1 amide bonds. The zero-order valence-electron chi connectivity index (χ0n) is 15.0. The Balaban J connectivity index is 1.86. The Morgan fingerprint density at radius 3 is 2.53 bits per heavy atom. The van der Waals surface area contributed by atoms with Gasteiger partial charge < -0.3 is 11.1 Å². The Morgan fingerprint density at radius 2 is 1.87 bits per heavy atom. The maximum absolute atomic E-state index is 13.8. The number of aromatic nitrogens is 2. The van der Waals surface area contributed by atoms with Crippen molar-refractivity contribution in [2.24, 2.45) is 0 Å². The van der Waals surface area contributed by atoms with Crippen LogP contribution in [0.15, 0.2) is 54.7 Å². The van der Waals surface area contributed by atoms with Crippen molar-refractivity contribution >= 4 is 50.4 Å². The number of thiophene rings is 1. The van der Waals surface area contributed by atoms with Crippen molar-refractivity contribution in [3.8, 4) is 11.3 Å². The van der Waals surface area contributed by atoms with E-state index in [4.69, 9.17) is 17.3 Å². The van der Waals surface area contributed by atoms with Crippen LogP contribution in [0.1, 0.15) is 15.2 Å². The number of carbonyl (C=O) groups excluding carboxylic acids is 1. The number of nitrogens with one attached hydrogen (secondary N) is 1. The minimum absolute atomic E-state index is 0.0172. The van der Waals surface area contributed by atoms with Crippen molar-refractivity contribution in [1.29, 1.82) is 0 Å². The van der Waals surface area contributed by atoms with Crippen LogP contribution in [-0.2, 0) is 6.18 Å². The first-order chi connectivity index (χ1) is 14.3.